The van der Waals surface area contributed by atoms with Gasteiger partial charge >= 0.3 is 0 Å². The van der Waals surface area contributed by atoms with Crippen molar-refractivity contribution < 1.29 is 18.9 Å². The Balaban J connectivity index is 1.58. The highest BCUT2D eigenvalue weighted by atomic mass is 32.1. The van der Waals surface area contributed by atoms with E-state index < -0.39 is 0 Å². The van der Waals surface area contributed by atoms with E-state index in [4.69, 9.17) is 31.2 Å². The molecule has 0 saturated heterocycles. The molecule has 8 heteroatoms. The summed E-state index contributed by atoms with van der Waals surface area (Å²) in [6.45, 7) is 2.68. The van der Waals surface area contributed by atoms with Gasteiger partial charge in [0.05, 0.1) is 19.9 Å². The van der Waals surface area contributed by atoms with Gasteiger partial charge in [0.25, 0.3) is 0 Å². The van der Waals surface area contributed by atoms with Crippen LogP contribution in [0.5, 0.6) is 23.0 Å². The minimum Gasteiger partial charge on any atom is -0.497 e. The van der Waals surface area contributed by atoms with Gasteiger partial charge in [0.2, 0.25) is 6.79 Å². The molecule has 0 bridgehead atoms. The van der Waals surface area contributed by atoms with Crippen molar-refractivity contribution in [3.05, 3.63) is 47.5 Å². The zero-order valence-electron chi connectivity index (χ0n) is 15.4. The lowest BCUT2D eigenvalue weighted by atomic mass is 10.1. The van der Waals surface area contributed by atoms with Gasteiger partial charge in [-0.15, -0.1) is 0 Å². The second-order valence-electron chi connectivity index (χ2n) is 5.75. The number of hydrazone groups is 1. The van der Waals surface area contributed by atoms with Crippen molar-refractivity contribution in [1.29, 1.82) is 0 Å². The number of thiocarbonyl (C=S) groups is 1. The number of fused-ring (bicyclic) bond motifs is 1. The smallest absolute Gasteiger partial charge is 0.231 e. The van der Waals surface area contributed by atoms with E-state index in [0.717, 1.165) is 34.1 Å². The molecule has 2 aromatic carbocycles. The summed E-state index contributed by atoms with van der Waals surface area (Å²) in [5.74, 6) is 2.90. The maximum atomic E-state index is 5.40. The quantitative estimate of drug-likeness (QED) is 0.449. The van der Waals surface area contributed by atoms with Crippen LogP contribution >= 0.6 is 12.2 Å². The predicted octanol–water partition coefficient (Wildman–Crippen LogP) is 2.82. The lowest BCUT2D eigenvalue weighted by Crippen LogP contribution is -2.32. The molecule has 27 heavy (non-hydrogen) atoms. The molecule has 2 N–H and O–H groups in total. The molecule has 0 unspecified atom stereocenters. The minimum atomic E-state index is 0.259. The van der Waals surface area contributed by atoms with Crippen LogP contribution in [-0.2, 0) is 6.54 Å². The van der Waals surface area contributed by atoms with Crippen molar-refractivity contribution in [1.82, 2.24) is 10.7 Å². The number of hydrogen-bond donors (Lipinski definition) is 2. The van der Waals surface area contributed by atoms with Crippen LogP contribution in [0.2, 0.25) is 0 Å². The Morgan fingerprint density at radius 1 is 1.11 bits per heavy atom. The molecule has 0 aliphatic carbocycles. The third-order valence-corrected chi connectivity index (χ3v) is 4.25. The average molecular weight is 387 g/mol. The molecule has 7 nitrogen and oxygen atoms in total. The number of ether oxygens (including phenoxy) is 4. The third-order valence-electron chi connectivity index (χ3n) is 4.01. The second kappa shape index (κ2) is 8.59. The maximum absolute atomic E-state index is 5.40. The van der Waals surface area contributed by atoms with E-state index in [1.165, 1.54) is 0 Å². The average Bonchev–Trinajstić information content (AvgIpc) is 3.17. The Hall–Kier alpha value is -3.00. The van der Waals surface area contributed by atoms with Crippen molar-refractivity contribution in [2.24, 2.45) is 5.10 Å². The fourth-order valence-corrected chi connectivity index (χ4v) is 2.68. The monoisotopic (exact) mass is 387 g/mol. The number of methoxy groups -OCH3 is 2. The van der Waals surface area contributed by atoms with E-state index in [-0.39, 0.29) is 6.79 Å². The highest BCUT2D eigenvalue weighted by molar-refractivity contribution is 7.80. The molecule has 3 rings (SSSR count). The highest BCUT2D eigenvalue weighted by Gasteiger charge is 2.13. The van der Waals surface area contributed by atoms with Crippen LogP contribution in [0.25, 0.3) is 0 Å². The van der Waals surface area contributed by atoms with Crippen LogP contribution in [0, 0.1) is 0 Å². The molecule has 0 fully saturated rings. The largest absolute Gasteiger partial charge is 0.497 e. The van der Waals surface area contributed by atoms with Crippen molar-refractivity contribution in [3.63, 3.8) is 0 Å². The van der Waals surface area contributed by atoms with Gasteiger partial charge < -0.3 is 24.3 Å². The van der Waals surface area contributed by atoms with E-state index in [0.29, 0.717) is 17.4 Å². The molecule has 1 aliphatic heterocycles. The molecule has 0 radical (unpaired) electrons. The van der Waals surface area contributed by atoms with Crippen molar-refractivity contribution >= 4 is 23.0 Å². The van der Waals surface area contributed by atoms with E-state index in [1.807, 2.05) is 43.3 Å². The fraction of sp³-hybridized carbons (Fsp3) is 0.263. The van der Waals surface area contributed by atoms with Crippen LogP contribution in [-0.4, -0.2) is 31.8 Å². The van der Waals surface area contributed by atoms with Crippen molar-refractivity contribution in [2.75, 3.05) is 21.0 Å². The van der Waals surface area contributed by atoms with Crippen molar-refractivity contribution in [3.8, 4) is 23.0 Å². The van der Waals surface area contributed by atoms with Crippen LogP contribution in [0.3, 0.4) is 0 Å². The number of nitrogens with one attached hydrogen (secondary N) is 2. The molecule has 0 aromatic heterocycles. The van der Waals surface area contributed by atoms with Crippen LogP contribution in [0.15, 0.2) is 41.5 Å². The molecule has 0 atom stereocenters. The molecular formula is C19H21N3O4S. The number of nitrogens with zero attached hydrogens (tertiary/aromatic N) is 1. The van der Waals surface area contributed by atoms with E-state index in [9.17, 15) is 0 Å². The lowest BCUT2D eigenvalue weighted by Gasteiger charge is -2.11. The van der Waals surface area contributed by atoms with Gasteiger partial charge in [-0.25, -0.2) is 0 Å². The standard InChI is InChI=1S/C19H21N3O4S/c1-12(15-6-5-14(23-2)9-17(15)24-3)21-22-19(27)20-10-13-4-7-16-18(8-13)26-11-25-16/h4-9H,10-11H2,1-3H3,(H2,20,22,27)/b21-12-. The van der Waals surface area contributed by atoms with E-state index in [1.54, 1.807) is 14.2 Å². The molecule has 0 spiro atoms. The van der Waals surface area contributed by atoms with Gasteiger partial charge in [0, 0.05) is 18.2 Å². The van der Waals surface area contributed by atoms with Gasteiger partial charge in [0.1, 0.15) is 11.5 Å². The first-order valence-electron chi connectivity index (χ1n) is 8.29. The highest BCUT2D eigenvalue weighted by Crippen LogP contribution is 2.32. The Kier molecular flexibility index (Phi) is 5.97. The SMILES string of the molecule is COc1ccc(/C(C)=N\NC(=S)NCc2ccc3c(c2)OCO3)c(OC)c1. The third kappa shape index (κ3) is 4.59. The first kappa shape index (κ1) is 18.8. The summed E-state index contributed by atoms with van der Waals surface area (Å²) in [7, 11) is 3.22. The summed E-state index contributed by atoms with van der Waals surface area (Å²) in [6, 6.07) is 11.3. The van der Waals surface area contributed by atoms with Gasteiger partial charge in [0.15, 0.2) is 16.6 Å². The second-order valence-corrected chi connectivity index (χ2v) is 6.15. The Bertz CT molecular complexity index is 870. The van der Waals surface area contributed by atoms with Gasteiger partial charge in [-0.3, -0.25) is 5.43 Å². The lowest BCUT2D eigenvalue weighted by molar-refractivity contribution is 0.174. The molecule has 0 saturated carbocycles. The van der Waals surface area contributed by atoms with Crippen LogP contribution < -0.4 is 29.7 Å². The summed E-state index contributed by atoms with van der Waals surface area (Å²) in [5.41, 5.74) is 5.47. The summed E-state index contributed by atoms with van der Waals surface area (Å²) < 4.78 is 21.3. The molecule has 0 amide bonds. The maximum Gasteiger partial charge on any atom is 0.231 e. The van der Waals surface area contributed by atoms with E-state index >= 15 is 0 Å². The summed E-state index contributed by atoms with van der Waals surface area (Å²) in [5, 5.41) is 7.85. The summed E-state index contributed by atoms with van der Waals surface area (Å²) in [6.07, 6.45) is 0. The molecule has 1 heterocycles. The Labute approximate surface area is 163 Å². The zero-order chi connectivity index (χ0) is 19.2. The first-order chi connectivity index (χ1) is 13.1. The molecule has 1 aliphatic rings. The summed E-state index contributed by atoms with van der Waals surface area (Å²) in [4.78, 5) is 0. The van der Waals surface area contributed by atoms with Gasteiger partial charge in [-0.05, 0) is 49.0 Å². The van der Waals surface area contributed by atoms with Crippen LogP contribution in [0.4, 0.5) is 0 Å². The normalized spacial score (nSPS) is 12.5. The topological polar surface area (TPSA) is 73.3 Å². The van der Waals surface area contributed by atoms with Crippen LogP contribution in [0.1, 0.15) is 18.1 Å². The molecule has 142 valence electrons. The summed E-state index contributed by atoms with van der Waals surface area (Å²) >= 11 is 5.29. The van der Waals surface area contributed by atoms with Crippen molar-refractivity contribution in [2.45, 2.75) is 13.5 Å². The molecular weight excluding hydrogens is 366 g/mol. The zero-order valence-corrected chi connectivity index (χ0v) is 16.2. The van der Waals surface area contributed by atoms with Gasteiger partial charge in [-0.1, -0.05) is 6.07 Å². The number of benzene rings is 2. The Morgan fingerprint density at radius 3 is 2.70 bits per heavy atom. The first-order valence-corrected chi connectivity index (χ1v) is 8.70. The Morgan fingerprint density at radius 2 is 1.93 bits per heavy atom. The number of hydrogen-bond acceptors (Lipinski definition) is 6. The predicted molar refractivity (Wildman–Crippen MR) is 107 cm³/mol. The minimum absolute atomic E-state index is 0.259. The number of rotatable bonds is 6. The van der Waals surface area contributed by atoms with Gasteiger partial charge in [-0.2, -0.15) is 5.10 Å². The molecule has 2 aromatic rings. The van der Waals surface area contributed by atoms with E-state index in [2.05, 4.69) is 15.8 Å². The fourth-order valence-electron chi connectivity index (χ4n) is 2.57.